The Labute approximate surface area is 181 Å². The highest BCUT2D eigenvalue weighted by Crippen LogP contribution is 2.50. The normalized spacial score (nSPS) is 23.1. The Morgan fingerprint density at radius 3 is 2.33 bits per heavy atom. The molecule has 158 valence electrons. The van der Waals surface area contributed by atoms with Crippen LogP contribution in [0.4, 0.5) is 18.9 Å². The first-order valence-electron chi connectivity index (χ1n) is 9.82. The zero-order chi connectivity index (χ0) is 21.5. The lowest BCUT2D eigenvalue weighted by Crippen LogP contribution is -2.51. The lowest BCUT2D eigenvalue weighted by Gasteiger charge is -2.39. The molecule has 2 fully saturated rings. The molecule has 2 aromatic carbocycles. The molecule has 0 spiro atoms. The van der Waals surface area contributed by atoms with Crippen LogP contribution in [-0.4, -0.2) is 42.4 Å². The number of hydrogen-bond acceptors (Lipinski definition) is 4. The summed E-state index contributed by atoms with van der Waals surface area (Å²) in [4.78, 5) is 4.17. The number of nitriles is 1. The molecule has 1 aliphatic carbocycles. The Balaban J connectivity index is 1.35. The summed E-state index contributed by atoms with van der Waals surface area (Å²) < 4.78 is 39.1. The van der Waals surface area contributed by atoms with E-state index in [1.165, 1.54) is 12.1 Å². The summed E-state index contributed by atoms with van der Waals surface area (Å²) in [6, 6.07) is 13.1. The summed E-state index contributed by atoms with van der Waals surface area (Å²) in [6.07, 6.45) is -4.17. The van der Waals surface area contributed by atoms with Crippen LogP contribution in [0, 0.1) is 17.2 Å². The molecule has 0 aromatic heterocycles. The van der Waals surface area contributed by atoms with Crippen molar-refractivity contribution in [3.05, 3.63) is 63.6 Å². The minimum atomic E-state index is -4.33. The van der Waals surface area contributed by atoms with Crippen LogP contribution in [0.2, 0.25) is 0 Å². The van der Waals surface area contributed by atoms with Crippen molar-refractivity contribution in [1.82, 2.24) is 4.90 Å². The molecule has 1 N–H and O–H groups in total. The largest absolute Gasteiger partial charge is 0.416 e. The fourth-order valence-corrected chi connectivity index (χ4v) is 4.55. The molecule has 4 nitrogen and oxygen atoms in total. The number of aliphatic hydroxyl groups is 1. The molecule has 2 aromatic rings. The number of piperazine rings is 1. The lowest BCUT2D eigenvalue weighted by molar-refractivity contribution is -0.137. The average molecular weight is 480 g/mol. The second-order valence-electron chi connectivity index (χ2n) is 7.84. The van der Waals surface area contributed by atoms with Crippen LogP contribution in [0.1, 0.15) is 29.0 Å². The highest BCUT2D eigenvalue weighted by molar-refractivity contribution is 9.10. The lowest BCUT2D eigenvalue weighted by atomic mass is 10.1. The molecule has 0 amide bonds. The van der Waals surface area contributed by atoms with Crippen molar-refractivity contribution >= 4 is 21.6 Å². The van der Waals surface area contributed by atoms with Crippen molar-refractivity contribution in [3.63, 3.8) is 0 Å². The van der Waals surface area contributed by atoms with Crippen molar-refractivity contribution in [2.45, 2.75) is 24.7 Å². The highest BCUT2D eigenvalue weighted by atomic mass is 79.9. The molecule has 8 heteroatoms. The number of rotatable bonds is 4. The fraction of sp³-hybridized carbons (Fsp3) is 0.409. The van der Waals surface area contributed by atoms with Crippen LogP contribution in [0.25, 0.3) is 0 Å². The van der Waals surface area contributed by atoms with Crippen molar-refractivity contribution in [2.75, 3.05) is 31.1 Å². The van der Waals surface area contributed by atoms with E-state index < -0.39 is 18.0 Å². The van der Waals surface area contributed by atoms with Gasteiger partial charge >= 0.3 is 6.18 Å². The van der Waals surface area contributed by atoms with Crippen LogP contribution in [0.15, 0.2) is 46.9 Å². The molecule has 1 unspecified atom stereocenters. The predicted octanol–water partition coefficient (Wildman–Crippen LogP) is 4.58. The van der Waals surface area contributed by atoms with Gasteiger partial charge in [-0.25, -0.2) is 0 Å². The Kier molecular flexibility index (Phi) is 5.80. The Bertz CT molecular complexity index is 950. The fourth-order valence-electron chi connectivity index (χ4n) is 4.21. The third kappa shape index (κ3) is 4.34. The third-order valence-corrected chi connectivity index (χ3v) is 6.49. The van der Waals surface area contributed by atoms with Gasteiger partial charge in [-0.15, -0.1) is 0 Å². The van der Waals surface area contributed by atoms with E-state index in [1.54, 1.807) is 6.07 Å². The van der Waals surface area contributed by atoms with Crippen LogP contribution >= 0.6 is 15.9 Å². The summed E-state index contributed by atoms with van der Waals surface area (Å²) in [5.41, 5.74) is 1.70. The van der Waals surface area contributed by atoms with E-state index in [1.807, 2.05) is 17.0 Å². The van der Waals surface area contributed by atoms with Gasteiger partial charge in [0.1, 0.15) is 12.3 Å². The monoisotopic (exact) mass is 479 g/mol. The topological polar surface area (TPSA) is 50.5 Å². The highest BCUT2D eigenvalue weighted by Gasteiger charge is 2.46. The zero-order valence-electron chi connectivity index (χ0n) is 16.1. The number of alkyl halides is 3. The van der Waals surface area contributed by atoms with Crippen LogP contribution in [-0.2, 0) is 6.18 Å². The smallest absolute Gasteiger partial charge is 0.378 e. The van der Waals surface area contributed by atoms with E-state index in [4.69, 9.17) is 0 Å². The molecule has 2 aliphatic rings. The Morgan fingerprint density at radius 1 is 1.07 bits per heavy atom. The van der Waals surface area contributed by atoms with Gasteiger partial charge in [0.05, 0.1) is 16.8 Å². The average Bonchev–Trinajstić information content (AvgIpc) is 3.54. The van der Waals surface area contributed by atoms with Gasteiger partial charge in [-0.05, 0) is 48.2 Å². The Morgan fingerprint density at radius 2 is 1.73 bits per heavy atom. The van der Waals surface area contributed by atoms with E-state index in [0.717, 1.165) is 34.3 Å². The number of anilines is 1. The van der Waals surface area contributed by atoms with E-state index in [-0.39, 0.29) is 11.8 Å². The van der Waals surface area contributed by atoms with Gasteiger partial charge in [0.15, 0.2) is 0 Å². The Hall–Kier alpha value is -2.08. The first-order chi connectivity index (χ1) is 14.3. The van der Waals surface area contributed by atoms with Gasteiger partial charge in [0.2, 0.25) is 0 Å². The quantitative estimate of drug-likeness (QED) is 0.696. The molecular weight excluding hydrogens is 459 g/mol. The molecule has 1 saturated heterocycles. The van der Waals surface area contributed by atoms with Crippen LogP contribution in [0.3, 0.4) is 0 Å². The maximum atomic E-state index is 12.7. The molecule has 1 aliphatic heterocycles. The van der Waals surface area contributed by atoms with Gasteiger partial charge < -0.3 is 10.0 Å². The summed E-state index contributed by atoms with van der Waals surface area (Å²) >= 11 is 3.45. The van der Waals surface area contributed by atoms with Crippen molar-refractivity contribution < 1.29 is 18.3 Å². The summed E-state index contributed by atoms with van der Waals surface area (Å²) in [5.74, 6) is 0.129. The van der Waals surface area contributed by atoms with Gasteiger partial charge in [0.25, 0.3) is 0 Å². The minimum Gasteiger partial charge on any atom is -0.378 e. The first kappa shape index (κ1) is 21.2. The van der Waals surface area contributed by atoms with E-state index in [0.29, 0.717) is 31.7 Å². The van der Waals surface area contributed by atoms with Gasteiger partial charge in [-0.2, -0.15) is 18.4 Å². The molecule has 0 radical (unpaired) electrons. The van der Waals surface area contributed by atoms with E-state index in [9.17, 15) is 23.5 Å². The molecule has 1 saturated carbocycles. The second kappa shape index (κ2) is 8.22. The first-order valence-corrected chi connectivity index (χ1v) is 10.6. The van der Waals surface area contributed by atoms with Crippen molar-refractivity contribution in [1.29, 1.82) is 5.26 Å². The number of hydrogen-bond donors (Lipinski definition) is 1. The van der Waals surface area contributed by atoms with E-state index >= 15 is 0 Å². The zero-order valence-corrected chi connectivity index (χ0v) is 17.7. The second-order valence-corrected chi connectivity index (χ2v) is 8.75. The molecule has 0 bridgehead atoms. The molecule has 3 atom stereocenters. The molecule has 4 rings (SSSR count). The number of halogens is 4. The number of nitrogens with zero attached hydrogens (tertiary/aromatic N) is 3. The maximum absolute atomic E-state index is 12.7. The van der Waals surface area contributed by atoms with Gasteiger partial charge in [-0.1, -0.05) is 28.1 Å². The van der Waals surface area contributed by atoms with Crippen LogP contribution in [0.5, 0.6) is 0 Å². The third-order valence-electron chi connectivity index (χ3n) is 6.00. The summed E-state index contributed by atoms with van der Waals surface area (Å²) in [7, 11) is 0. The SMILES string of the molecule is N#Cc1ccc(Br)cc1N1CCN([C@H](O)C2C[C@H]2c2ccc(C(F)(F)F)cc2)CC1. The minimum absolute atomic E-state index is 0.0359. The van der Waals surface area contributed by atoms with Gasteiger partial charge in [-0.3, -0.25) is 4.90 Å². The number of benzene rings is 2. The number of aliphatic hydroxyl groups excluding tert-OH is 1. The summed E-state index contributed by atoms with van der Waals surface area (Å²) in [6.45, 7) is 2.71. The van der Waals surface area contributed by atoms with Crippen molar-refractivity contribution in [2.24, 2.45) is 5.92 Å². The van der Waals surface area contributed by atoms with Crippen LogP contribution < -0.4 is 4.90 Å². The molecular formula is C22H21BrF3N3O. The van der Waals surface area contributed by atoms with Gasteiger partial charge in [0, 0.05) is 36.6 Å². The maximum Gasteiger partial charge on any atom is 0.416 e. The standard InChI is InChI=1S/C22H21BrF3N3O/c23-17-6-3-15(13-27)20(11-17)28-7-9-29(10-8-28)21(30)19-12-18(19)14-1-4-16(5-2-14)22(24,25)26/h1-6,11,18-19,21,30H,7-10,12H2/t18-,19?,21+/m0/s1. The van der Waals surface area contributed by atoms with Crippen molar-refractivity contribution in [3.8, 4) is 6.07 Å². The molecule has 1 heterocycles. The molecule has 30 heavy (non-hydrogen) atoms. The predicted molar refractivity (Wildman–Crippen MR) is 111 cm³/mol. The van der Waals surface area contributed by atoms with E-state index in [2.05, 4.69) is 26.9 Å². The summed E-state index contributed by atoms with van der Waals surface area (Å²) in [5, 5.41) is 20.2.